The van der Waals surface area contributed by atoms with Crippen LogP contribution in [0.3, 0.4) is 0 Å². The van der Waals surface area contributed by atoms with E-state index >= 15 is 0 Å². The van der Waals surface area contributed by atoms with Crippen molar-refractivity contribution in [1.29, 1.82) is 0 Å². The van der Waals surface area contributed by atoms with Crippen LogP contribution in [0.1, 0.15) is 32.4 Å². The van der Waals surface area contributed by atoms with Gasteiger partial charge >= 0.3 is 0 Å². The van der Waals surface area contributed by atoms with Gasteiger partial charge in [0.15, 0.2) is 0 Å². The molecule has 0 aliphatic rings. The van der Waals surface area contributed by atoms with Crippen molar-refractivity contribution in [1.82, 2.24) is 10.6 Å². The summed E-state index contributed by atoms with van der Waals surface area (Å²) in [4.78, 5) is 11.7. The Morgan fingerprint density at radius 3 is 2.50 bits per heavy atom. The van der Waals surface area contributed by atoms with E-state index in [-0.39, 0.29) is 18.0 Å². The average Bonchev–Trinajstić information content (AvgIpc) is 2.43. The molecule has 0 aromatic heterocycles. The minimum Gasteiger partial charge on any atom is -0.353 e. The molecular weight excluding hydrogens is 248 g/mol. The van der Waals surface area contributed by atoms with Gasteiger partial charge in [0.1, 0.15) is 0 Å². The largest absolute Gasteiger partial charge is 0.353 e. The van der Waals surface area contributed by atoms with Crippen LogP contribution in [-0.4, -0.2) is 18.5 Å². The molecule has 106 valence electrons. The predicted molar refractivity (Wildman–Crippen MR) is 83.6 cm³/mol. The third-order valence-electron chi connectivity index (χ3n) is 3.31. The summed E-state index contributed by atoms with van der Waals surface area (Å²) in [6, 6.07) is 14.9. The van der Waals surface area contributed by atoms with Crippen LogP contribution in [0.25, 0.3) is 10.8 Å². The Morgan fingerprint density at radius 2 is 1.75 bits per heavy atom. The van der Waals surface area contributed by atoms with Gasteiger partial charge in [-0.25, -0.2) is 0 Å². The first kappa shape index (κ1) is 14.5. The monoisotopic (exact) mass is 270 g/mol. The lowest BCUT2D eigenvalue weighted by Crippen LogP contribution is -2.38. The SMILES string of the molecule is CC(C)NC(=O)CNC(C)c1cccc2ccccc12. The quantitative estimate of drug-likeness (QED) is 0.877. The van der Waals surface area contributed by atoms with Crippen LogP contribution in [0.4, 0.5) is 0 Å². The number of hydrogen-bond acceptors (Lipinski definition) is 2. The molecule has 0 bridgehead atoms. The summed E-state index contributed by atoms with van der Waals surface area (Å²) in [5.41, 5.74) is 1.22. The zero-order valence-corrected chi connectivity index (χ0v) is 12.3. The zero-order chi connectivity index (χ0) is 14.5. The third-order valence-corrected chi connectivity index (χ3v) is 3.31. The average molecular weight is 270 g/mol. The Labute approximate surface area is 120 Å². The van der Waals surface area contributed by atoms with Crippen molar-refractivity contribution in [2.24, 2.45) is 0 Å². The van der Waals surface area contributed by atoms with Gasteiger partial charge < -0.3 is 10.6 Å². The molecule has 1 amide bonds. The Kier molecular flexibility index (Phi) is 4.74. The maximum absolute atomic E-state index is 11.7. The summed E-state index contributed by atoms with van der Waals surface area (Å²) in [6.45, 7) is 6.35. The number of nitrogens with one attached hydrogen (secondary N) is 2. The molecule has 20 heavy (non-hydrogen) atoms. The Hall–Kier alpha value is -1.87. The van der Waals surface area contributed by atoms with Crippen LogP contribution in [-0.2, 0) is 4.79 Å². The van der Waals surface area contributed by atoms with Crippen LogP contribution in [0.2, 0.25) is 0 Å². The fourth-order valence-corrected chi connectivity index (χ4v) is 2.36. The lowest BCUT2D eigenvalue weighted by Gasteiger charge is -2.17. The first-order valence-corrected chi connectivity index (χ1v) is 7.08. The van der Waals surface area contributed by atoms with Crippen LogP contribution in [0.15, 0.2) is 42.5 Å². The van der Waals surface area contributed by atoms with Crippen LogP contribution < -0.4 is 10.6 Å². The van der Waals surface area contributed by atoms with Gasteiger partial charge in [-0.1, -0.05) is 42.5 Å². The summed E-state index contributed by atoms with van der Waals surface area (Å²) >= 11 is 0. The molecule has 0 heterocycles. The molecule has 0 aliphatic heterocycles. The van der Waals surface area contributed by atoms with Crippen molar-refractivity contribution in [3.63, 3.8) is 0 Å². The third kappa shape index (κ3) is 3.58. The summed E-state index contributed by atoms with van der Waals surface area (Å²) in [7, 11) is 0. The van der Waals surface area contributed by atoms with E-state index in [0.29, 0.717) is 6.54 Å². The lowest BCUT2D eigenvalue weighted by molar-refractivity contribution is -0.120. The maximum atomic E-state index is 11.7. The molecule has 0 spiro atoms. The van der Waals surface area contributed by atoms with Crippen molar-refractivity contribution < 1.29 is 4.79 Å². The second-order valence-electron chi connectivity index (χ2n) is 5.39. The molecule has 0 fully saturated rings. The van der Waals surface area contributed by atoms with Crippen molar-refractivity contribution in [2.75, 3.05) is 6.54 Å². The minimum atomic E-state index is 0.0343. The maximum Gasteiger partial charge on any atom is 0.234 e. The summed E-state index contributed by atoms with van der Waals surface area (Å²) in [6.07, 6.45) is 0. The molecule has 1 unspecified atom stereocenters. The number of fused-ring (bicyclic) bond motifs is 1. The molecule has 3 nitrogen and oxygen atoms in total. The number of amides is 1. The summed E-state index contributed by atoms with van der Waals surface area (Å²) < 4.78 is 0. The Bertz CT molecular complexity index is 587. The Balaban J connectivity index is 2.08. The first-order valence-electron chi connectivity index (χ1n) is 7.08. The standard InChI is InChI=1S/C17H22N2O/c1-12(2)19-17(20)11-18-13(3)15-10-6-8-14-7-4-5-9-16(14)15/h4-10,12-13,18H,11H2,1-3H3,(H,19,20). The second kappa shape index (κ2) is 6.53. The van der Waals surface area contributed by atoms with Gasteiger partial charge in [0.05, 0.1) is 6.54 Å². The second-order valence-corrected chi connectivity index (χ2v) is 5.39. The molecule has 2 aromatic carbocycles. The molecule has 0 saturated heterocycles. The van der Waals surface area contributed by atoms with E-state index in [0.717, 1.165) is 0 Å². The molecule has 1 atom stereocenters. The van der Waals surface area contributed by atoms with E-state index in [4.69, 9.17) is 0 Å². The highest BCUT2D eigenvalue weighted by atomic mass is 16.1. The van der Waals surface area contributed by atoms with E-state index in [2.05, 4.69) is 47.9 Å². The minimum absolute atomic E-state index is 0.0343. The van der Waals surface area contributed by atoms with Gasteiger partial charge in [-0.2, -0.15) is 0 Å². The van der Waals surface area contributed by atoms with Crippen molar-refractivity contribution in [2.45, 2.75) is 32.9 Å². The highest BCUT2D eigenvalue weighted by molar-refractivity contribution is 5.86. The number of hydrogen-bond donors (Lipinski definition) is 2. The summed E-state index contributed by atoms with van der Waals surface area (Å²) in [5.74, 6) is 0.0343. The normalized spacial score (nSPS) is 12.6. The molecule has 3 heteroatoms. The topological polar surface area (TPSA) is 41.1 Å². The summed E-state index contributed by atoms with van der Waals surface area (Å²) in [5, 5.41) is 8.63. The molecule has 0 radical (unpaired) electrons. The van der Waals surface area contributed by atoms with Crippen molar-refractivity contribution in [3.05, 3.63) is 48.0 Å². The number of benzene rings is 2. The fraction of sp³-hybridized carbons (Fsp3) is 0.353. The molecule has 0 aliphatic carbocycles. The van der Waals surface area contributed by atoms with Crippen LogP contribution in [0.5, 0.6) is 0 Å². The number of carbonyl (C=O) groups excluding carboxylic acids is 1. The van der Waals surface area contributed by atoms with Crippen LogP contribution in [0, 0.1) is 0 Å². The van der Waals surface area contributed by atoms with Gasteiger partial charge in [-0.05, 0) is 37.1 Å². The Morgan fingerprint density at radius 1 is 1.05 bits per heavy atom. The van der Waals surface area contributed by atoms with Crippen LogP contribution >= 0.6 is 0 Å². The van der Waals surface area contributed by atoms with Gasteiger partial charge in [-0.3, -0.25) is 4.79 Å². The van der Waals surface area contributed by atoms with Gasteiger partial charge in [0.25, 0.3) is 0 Å². The number of carbonyl (C=O) groups is 1. The van der Waals surface area contributed by atoms with Crippen molar-refractivity contribution >= 4 is 16.7 Å². The van der Waals surface area contributed by atoms with E-state index in [1.54, 1.807) is 0 Å². The molecule has 2 rings (SSSR count). The van der Waals surface area contributed by atoms with E-state index in [1.807, 2.05) is 26.0 Å². The van der Waals surface area contributed by atoms with Gasteiger partial charge in [0, 0.05) is 12.1 Å². The van der Waals surface area contributed by atoms with E-state index < -0.39 is 0 Å². The zero-order valence-electron chi connectivity index (χ0n) is 12.3. The predicted octanol–water partition coefficient (Wildman–Crippen LogP) is 3.02. The fourth-order valence-electron chi connectivity index (χ4n) is 2.36. The molecule has 0 saturated carbocycles. The number of rotatable bonds is 5. The molecular formula is C17H22N2O. The molecule has 2 N–H and O–H groups in total. The highest BCUT2D eigenvalue weighted by Crippen LogP contribution is 2.23. The first-order chi connectivity index (χ1) is 9.58. The molecule has 2 aromatic rings. The van der Waals surface area contributed by atoms with Gasteiger partial charge in [-0.15, -0.1) is 0 Å². The van der Waals surface area contributed by atoms with E-state index in [1.165, 1.54) is 16.3 Å². The van der Waals surface area contributed by atoms with Crippen molar-refractivity contribution in [3.8, 4) is 0 Å². The van der Waals surface area contributed by atoms with E-state index in [9.17, 15) is 4.79 Å². The smallest absolute Gasteiger partial charge is 0.234 e. The highest BCUT2D eigenvalue weighted by Gasteiger charge is 2.10. The lowest BCUT2D eigenvalue weighted by atomic mass is 10.00. The van der Waals surface area contributed by atoms with Gasteiger partial charge in [0.2, 0.25) is 5.91 Å².